The Morgan fingerprint density at radius 1 is 1.43 bits per heavy atom. The molecule has 8 heteroatoms. The fourth-order valence-corrected chi connectivity index (χ4v) is 3.46. The number of rotatable bonds is 6. The van der Waals surface area contributed by atoms with Crippen molar-refractivity contribution in [1.29, 1.82) is 0 Å². The molecule has 1 N–H and O–H groups in total. The van der Waals surface area contributed by atoms with E-state index in [4.69, 9.17) is 16.3 Å². The van der Waals surface area contributed by atoms with Crippen LogP contribution in [0.15, 0.2) is 28.6 Å². The normalized spacial score (nSPS) is 12.0. The van der Waals surface area contributed by atoms with Crippen molar-refractivity contribution in [2.75, 3.05) is 11.9 Å². The predicted molar refractivity (Wildman–Crippen MR) is 86.6 cm³/mol. The molecule has 0 bridgehead atoms. The van der Waals surface area contributed by atoms with Crippen LogP contribution in [0.5, 0.6) is 0 Å². The van der Waals surface area contributed by atoms with Gasteiger partial charge in [-0.15, -0.1) is 10.2 Å². The van der Waals surface area contributed by atoms with Crippen LogP contribution in [0.1, 0.15) is 13.8 Å². The van der Waals surface area contributed by atoms with Crippen LogP contribution in [0.4, 0.5) is 10.8 Å². The molecular weight excluding hydrogens is 330 g/mol. The van der Waals surface area contributed by atoms with E-state index in [1.54, 1.807) is 26.0 Å². The summed E-state index contributed by atoms with van der Waals surface area (Å²) in [6.07, 6.45) is 0. The first-order valence-corrected chi connectivity index (χ1v) is 8.35. The van der Waals surface area contributed by atoms with Gasteiger partial charge in [0, 0.05) is 10.7 Å². The number of aromatic nitrogens is 2. The number of nitrogens with one attached hydrogen (secondary N) is 1. The first-order chi connectivity index (χ1) is 10.1. The van der Waals surface area contributed by atoms with Crippen molar-refractivity contribution in [3.63, 3.8) is 0 Å². The summed E-state index contributed by atoms with van der Waals surface area (Å²) in [5.74, 6) is -0.245. The molecule has 2 rings (SSSR count). The number of anilines is 2. The number of hydrogen-bond donors (Lipinski definition) is 1. The SMILES string of the molecule is CCOC(=O)[C@@H](C)Sc1nnc(Nc2ccc(Cl)cc2)s1. The van der Waals surface area contributed by atoms with Crippen molar-refractivity contribution in [1.82, 2.24) is 10.2 Å². The van der Waals surface area contributed by atoms with E-state index in [0.29, 0.717) is 21.1 Å². The minimum Gasteiger partial charge on any atom is -0.465 e. The third kappa shape index (κ3) is 4.87. The minimum absolute atomic E-state index is 0.245. The summed E-state index contributed by atoms with van der Waals surface area (Å²) in [6.45, 7) is 3.95. The van der Waals surface area contributed by atoms with Crippen LogP contribution in [0.25, 0.3) is 0 Å². The summed E-state index contributed by atoms with van der Waals surface area (Å²) >= 11 is 8.55. The zero-order valence-electron chi connectivity index (χ0n) is 11.5. The van der Waals surface area contributed by atoms with Gasteiger partial charge in [-0.2, -0.15) is 0 Å². The molecule has 21 heavy (non-hydrogen) atoms. The summed E-state index contributed by atoms with van der Waals surface area (Å²) < 4.78 is 5.67. The van der Waals surface area contributed by atoms with Crippen molar-refractivity contribution in [3.05, 3.63) is 29.3 Å². The quantitative estimate of drug-likeness (QED) is 0.632. The number of ether oxygens (including phenoxy) is 1. The van der Waals surface area contributed by atoms with Gasteiger partial charge in [0.25, 0.3) is 0 Å². The summed E-state index contributed by atoms with van der Waals surface area (Å²) in [6, 6.07) is 7.31. The Hall–Kier alpha value is -1.31. The third-order valence-corrected chi connectivity index (χ3v) is 4.65. The van der Waals surface area contributed by atoms with Gasteiger partial charge in [0.05, 0.1) is 6.61 Å². The number of thioether (sulfide) groups is 1. The highest BCUT2D eigenvalue weighted by molar-refractivity contribution is 8.02. The minimum atomic E-state index is -0.304. The van der Waals surface area contributed by atoms with Crippen molar-refractivity contribution >= 4 is 51.5 Å². The van der Waals surface area contributed by atoms with Gasteiger partial charge in [0.1, 0.15) is 5.25 Å². The lowest BCUT2D eigenvalue weighted by molar-refractivity contribution is -0.142. The Morgan fingerprint density at radius 2 is 2.14 bits per heavy atom. The van der Waals surface area contributed by atoms with Gasteiger partial charge < -0.3 is 10.1 Å². The predicted octanol–water partition coefficient (Wildman–Crippen LogP) is 3.98. The molecule has 5 nitrogen and oxygen atoms in total. The zero-order chi connectivity index (χ0) is 15.2. The maximum Gasteiger partial charge on any atom is 0.319 e. The third-order valence-electron chi connectivity index (χ3n) is 2.40. The van der Waals surface area contributed by atoms with E-state index in [9.17, 15) is 4.79 Å². The fourth-order valence-electron chi connectivity index (χ4n) is 1.42. The van der Waals surface area contributed by atoms with E-state index in [1.165, 1.54) is 23.1 Å². The summed E-state index contributed by atoms with van der Waals surface area (Å²) in [5.41, 5.74) is 0.880. The van der Waals surface area contributed by atoms with Crippen molar-refractivity contribution in [2.45, 2.75) is 23.4 Å². The number of esters is 1. The second-order valence-corrected chi connectivity index (χ2v) is 7.02. The number of nitrogens with zero attached hydrogens (tertiary/aromatic N) is 2. The van der Waals surface area contributed by atoms with E-state index in [-0.39, 0.29) is 11.2 Å². The lowest BCUT2D eigenvalue weighted by Gasteiger charge is -2.06. The molecule has 1 atom stereocenters. The van der Waals surface area contributed by atoms with Gasteiger partial charge in [-0.1, -0.05) is 34.7 Å². The molecule has 0 saturated heterocycles. The molecule has 0 amide bonds. The zero-order valence-corrected chi connectivity index (χ0v) is 13.9. The van der Waals surface area contributed by atoms with Crippen molar-refractivity contribution in [2.24, 2.45) is 0 Å². The van der Waals surface area contributed by atoms with Crippen LogP contribution in [0.3, 0.4) is 0 Å². The summed E-state index contributed by atoms with van der Waals surface area (Å²) in [4.78, 5) is 11.6. The lowest BCUT2D eigenvalue weighted by Crippen LogP contribution is -2.16. The summed E-state index contributed by atoms with van der Waals surface area (Å²) in [7, 11) is 0. The Balaban J connectivity index is 1.95. The van der Waals surface area contributed by atoms with Crippen LogP contribution in [-0.2, 0) is 9.53 Å². The second-order valence-electron chi connectivity index (χ2n) is 4.02. The van der Waals surface area contributed by atoms with E-state index >= 15 is 0 Å². The Bertz CT molecular complexity index is 604. The molecule has 0 aliphatic carbocycles. The van der Waals surface area contributed by atoms with E-state index in [1.807, 2.05) is 12.1 Å². The van der Waals surface area contributed by atoms with E-state index in [2.05, 4.69) is 15.5 Å². The molecule has 1 heterocycles. The van der Waals surface area contributed by atoms with E-state index in [0.717, 1.165) is 5.69 Å². The smallest absolute Gasteiger partial charge is 0.319 e. The van der Waals surface area contributed by atoms with Gasteiger partial charge >= 0.3 is 5.97 Å². The number of hydrogen-bond acceptors (Lipinski definition) is 7. The van der Waals surface area contributed by atoms with Crippen LogP contribution in [-0.4, -0.2) is 28.0 Å². The van der Waals surface area contributed by atoms with Gasteiger partial charge in [-0.25, -0.2) is 0 Å². The van der Waals surface area contributed by atoms with Crippen LogP contribution < -0.4 is 5.32 Å². The van der Waals surface area contributed by atoms with Gasteiger partial charge in [0.2, 0.25) is 5.13 Å². The molecule has 0 aliphatic heterocycles. The largest absolute Gasteiger partial charge is 0.465 e. The molecule has 0 unspecified atom stereocenters. The second kappa shape index (κ2) is 7.63. The molecule has 2 aromatic rings. The van der Waals surface area contributed by atoms with Gasteiger partial charge in [-0.05, 0) is 38.1 Å². The molecule has 1 aromatic carbocycles. The van der Waals surface area contributed by atoms with E-state index < -0.39 is 0 Å². The molecule has 1 aromatic heterocycles. The number of carbonyl (C=O) groups excluding carboxylic acids is 1. The lowest BCUT2D eigenvalue weighted by atomic mass is 10.3. The number of benzene rings is 1. The first kappa shape index (κ1) is 16.1. The van der Waals surface area contributed by atoms with Crippen LogP contribution >= 0.6 is 34.7 Å². The molecular formula is C13H14ClN3O2S2. The molecule has 0 radical (unpaired) electrons. The monoisotopic (exact) mass is 343 g/mol. The Kier molecular flexibility index (Phi) is 5.84. The topological polar surface area (TPSA) is 64.1 Å². The fraction of sp³-hybridized carbons (Fsp3) is 0.308. The maximum absolute atomic E-state index is 11.6. The highest BCUT2D eigenvalue weighted by atomic mass is 35.5. The highest BCUT2D eigenvalue weighted by Gasteiger charge is 2.18. The average molecular weight is 344 g/mol. The first-order valence-electron chi connectivity index (χ1n) is 6.28. The molecule has 0 spiro atoms. The summed E-state index contributed by atoms with van der Waals surface area (Å²) in [5, 5.41) is 12.3. The van der Waals surface area contributed by atoms with Crippen LogP contribution in [0.2, 0.25) is 5.02 Å². The van der Waals surface area contributed by atoms with Gasteiger partial charge in [0.15, 0.2) is 4.34 Å². The maximum atomic E-state index is 11.6. The van der Waals surface area contributed by atoms with Gasteiger partial charge in [-0.3, -0.25) is 4.79 Å². The standard InChI is InChI=1S/C13H14ClN3O2S2/c1-3-19-11(18)8(2)20-13-17-16-12(21-13)15-10-6-4-9(14)5-7-10/h4-8H,3H2,1-2H3,(H,15,16)/t8-/m1/s1. The molecule has 0 aliphatic rings. The average Bonchev–Trinajstić information content (AvgIpc) is 2.89. The van der Waals surface area contributed by atoms with Crippen molar-refractivity contribution in [3.8, 4) is 0 Å². The molecule has 0 fully saturated rings. The molecule has 0 saturated carbocycles. The Labute approximate surface area is 136 Å². The number of carbonyl (C=O) groups is 1. The van der Waals surface area contributed by atoms with Crippen LogP contribution in [0, 0.1) is 0 Å². The van der Waals surface area contributed by atoms with Crippen molar-refractivity contribution < 1.29 is 9.53 Å². The Morgan fingerprint density at radius 3 is 2.81 bits per heavy atom. The highest BCUT2D eigenvalue weighted by Crippen LogP contribution is 2.30. The molecule has 112 valence electrons. The number of halogens is 1.